The fourth-order valence-corrected chi connectivity index (χ4v) is 1.40. The summed E-state index contributed by atoms with van der Waals surface area (Å²) in [5.41, 5.74) is 5.07. The SMILES string of the molecule is COCCOCC(=O)OCOc1c(OC)ccnc1C(N)=O. The molecule has 9 heteroatoms. The summed E-state index contributed by atoms with van der Waals surface area (Å²) in [6.45, 7) is -0.0261. The number of nitrogens with zero attached hydrogens (tertiary/aromatic N) is 1. The van der Waals surface area contributed by atoms with Crippen LogP contribution in [0.4, 0.5) is 0 Å². The van der Waals surface area contributed by atoms with Crippen LogP contribution in [0.3, 0.4) is 0 Å². The van der Waals surface area contributed by atoms with E-state index in [1.165, 1.54) is 26.5 Å². The summed E-state index contributed by atoms with van der Waals surface area (Å²) < 4.78 is 24.8. The number of nitrogens with two attached hydrogens (primary N) is 1. The molecule has 0 unspecified atom stereocenters. The second-order valence-corrected chi connectivity index (χ2v) is 3.88. The van der Waals surface area contributed by atoms with E-state index in [4.69, 9.17) is 29.4 Å². The summed E-state index contributed by atoms with van der Waals surface area (Å²) in [5, 5.41) is 0. The average molecular weight is 314 g/mol. The maximum Gasteiger partial charge on any atom is 0.334 e. The molecule has 0 radical (unpaired) electrons. The second kappa shape index (κ2) is 9.53. The van der Waals surface area contributed by atoms with Gasteiger partial charge >= 0.3 is 5.97 Å². The maximum absolute atomic E-state index is 11.4. The number of carbonyl (C=O) groups is 2. The maximum atomic E-state index is 11.4. The number of carbonyl (C=O) groups excluding carboxylic acids is 2. The monoisotopic (exact) mass is 314 g/mol. The molecule has 0 fully saturated rings. The predicted octanol–water partition coefficient (Wildman–Crippen LogP) is -0.268. The van der Waals surface area contributed by atoms with Crippen LogP contribution in [-0.4, -0.2) is 57.7 Å². The van der Waals surface area contributed by atoms with Gasteiger partial charge in [0.1, 0.15) is 6.61 Å². The van der Waals surface area contributed by atoms with Crippen LogP contribution in [0.25, 0.3) is 0 Å². The van der Waals surface area contributed by atoms with Gasteiger partial charge in [-0.3, -0.25) is 4.79 Å². The van der Waals surface area contributed by atoms with E-state index in [-0.39, 0.29) is 30.4 Å². The van der Waals surface area contributed by atoms with Gasteiger partial charge in [0.2, 0.25) is 6.79 Å². The van der Waals surface area contributed by atoms with Gasteiger partial charge in [0, 0.05) is 19.4 Å². The molecule has 9 nitrogen and oxygen atoms in total. The molecule has 2 N–H and O–H groups in total. The van der Waals surface area contributed by atoms with Gasteiger partial charge in [-0.2, -0.15) is 0 Å². The first kappa shape index (κ1) is 17.7. The lowest BCUT2D eigenvalue weighted by Gasteiger charge is -2.12. The molecule has 0 saturated heterocycles. The molecule has 1 rings (SSSR count). The number of ether oxygens (including phenoxy) is 5. The average Bonchev–Trinajstić information content (AvgIpc) is 2.51. The van der Waals surface area contributed by atoms with E-state index < -0.39 is 18.7 Å². The van der Waals surface area contributed by atoms with Gasteiger partial charge in [-0.05, 0) is 0 Å². The number of amides is 1. The minimum atomic E-state index is -0.789. The van der Waals surface area contributed by atoms with E-state index in [9.17, 15) is 9.59 Å². The van der Waals surface area contributed by atoms with Crippen LogP contribution in [0.1, 0.15) is 10.5 Å². The lowest BCUT2D eigenvalue weighted by molar-refractivity contribution is -0.156. The van der Waals surface area contributed by atoms with Crippen LogP contribution in [0.15, 0.2) is 12.3 Å². The zero-order chi connectivity index (χ0) is 16.4. The zero-order valence-corrected chi connectivity index (χ0v) is 12.4. The predicted molar refractivity (Wildman–Crippen MR) is 73.6 cm³/mol. The molecule has 0 aliphatic carbocycles. The van der Waals surface area contributed by atoms with E-state index >= 15 is 0 Å². The number of rotatable bonds is 10. The molecule has 0 bridgehead atoms. The van der Waals surface area contributed by atoms with Crippen molar-refractivity contribution in [2.24, 2.45) is 5.73 Å². The number of aromatic nitrogens is 1. The Morgan fingerprint density at radius 3 is 2.68 bits per heavy atom. The molecular formula is C13H18N2O7. The summed E-state index contributed by atoms with van der Waals surface area (Å²) >= 11 is 0. The molecule has 1 amide bonds. The lowest BCUT2D eigenvalue weighted by atomic mass is 10.3. The van der Waals surface area contributed by atoms with E-state index in [0.717, 1.165) is 0 Å². The fraction of sp³-hybridized carbons (Fsp3) is 0.462. The standard InChI is InChI=1S/C13H18N2O7/c1-18-5-6-20-7-10(16)21-8-22-12-9(19-2)3-4-15-11(12)13(14)17/h3-4H,5-8H2,1-2H3,(H2,14,17). The zero-order valence-electron chi connectivity index (χ0n) is 12.4. The van der Waals surface area contributed by atoms with E-state index in [0.29, 0.717) is 6.61 Å². The molecule has 1 heterocycles. The van der Waals surface area contributed by atoms with Crippen molar-refractivity contribution in [2.75, 3.05) is 40.8 Å². The third-order valence-electron chi connectivity index (χ3n) is 2.40. The summed E-state index contributed by atoms with van der Waals surface area (Å²) in [6.07, 6.45) is 1.35. The number of methoxy groups -OCH3 is 2. The molecule has 0 aromatic carbocycles. The largest absolute Gasteiger partial charge is 0.493 e. The Morgan fingerprint density at radius 2 is 2.05 bits per heavy atom. The van der Waals surface area contributed by atoms with Gasteiger partial charge in [-0.25, -0.2) is 9.78 Å². The Labute approximate surface area is 127 Å². The number of hydrogen-bond donors (Lipinski definition) is 1. The highest BCUT2D eigenvalue weighted by Crippen LogP contribution is 2.29. The molecule has 22 heavy (non-hydrogen) atoms. The molecule has 0 saturated carbocycles. The molecule has 0 atom stereocenters. The molecule has 0 aliphatic heterocycles. The normalized spacial score (nSPS) is 10.1. The Balaban J connectivity index is 2.50. The first-order valence-electron chi connectivity index (χ1n) is 6.28. The lowest BCUT2D eigenvalue weighted by Crippen LogP contribution is -2.19. The van der Waals surface area contributed by atoms with Crippen LogP contribution in [0, 0.1) is 0 Å². The van der Waals surface area contributed by atoms with Gasteiger partial charge in [0.25, 0.3) is 5.91 Å². The van der Waals surface area contributed by atoms with Gasteiger partial charge in [0.05, 0.1) is 20.3 Å². The van der Waals surface area contributed by atoms with Gasteiger partial charge < -0.3 is 29.4 Å². The minimum Gasteiger partial charge on any atom is -0.493 e. The first-order valence-corrected chi connectivity index (χ1v) is 6.28. The number of hydrogen-bond acceptors (Lipinski definition) is 8. The van der Waals surface area contributed by atoms with Crippen molar-refractivity contribution in [2.45, 2.75) is 0 Å². The molecular weight excluding hydrogens is 296 g/mol. The molecule has 1 aromatic rings. The smallest absolute Gasteiger partial charge is 0.334 e. The third kappa shape index (κ3) is 5.54. The van der Waals surface area contributed by atoms with Gasteiger partial charge in [-0.15, -0.1) is 0 Å². The summed E-state index contributed by atoms with van der Waals surface area (Å²) in [4.78, 5) is 26.4. The van der Waals surface area contributed by atoms with Crippen LogP contribution < -0.4 is 15.2 Å². The van der Waals surface area contributed by atoms with Crippen LogP contribution in [0.5, 0.6) is 11.5 Å². The van der Waals surface area contributed by atoms with E-state index in [2.05, 4.69) is 4.98 Å². The van der Waals surface area contributed by atoms with Gasteiger partial charge in [0.15, 0.2) is 17.2 Å². The van der Waals surface area contributed by atoms with Crippen LogP contribution >= 0.6 is 0 Å². The van der Waals surface area contributed by atoms with Crippen molar-refractivity contribution < 1.29 is 33.3 Å². The number of pyridine rings is 1. The third-order valence-corrected chi connectivity index (χ3v) is 2.40. The van der Waals surface area contributed by atoms with Crippen molar-refractivity contribution >= 4 is 11.9 Å². The van der Waals surface area contributed by atoms with Crippen molar-refractivity contribution in [3.8, 4) is 11.5 Å². The molecule has 122 valence electrons. The molecule has 1 aromatic heterocycles. The summed E-state index contributed by atoms with van der Waals surface area (Å²) in [5.74, 6) is -1.16. The van der Waals surface area contributed by atoms with E-state index in [1.54, 1.807) is 0 Å². The number of primary amides is 1. The highest BCUT2D eigenvalue weighted by Gasteiger charge is 2.17. The second-order valence-electron chi connectivity index (χ2n) is 3.88. The Morgan fingerprint density at radius 1 is 1.27 bits per heavy atom. The van der Waals surface area contributed by atoms with E-state index in [1.807, 2.05) is 0 Å². The first-order chi connectivity index (χ1) is 10.6. The summed E-state index contributed by atoms with van der Waals surface area (Å²) in [7, 11) is 2.91. The molecule has 0 aliphatic rings. The Bertz CT molecular complexity index is 507. The van der Waals surface area contributed by atoms with Crippen LogP contribution in [0.2, 0.25) is 0 Å². The Hall–Kier alpha value is -2.39. The quantitative estimate of drug-likeness (QED) is 0.356. The highest BCUT2D eigenvalue weighted by atomic mass is 16.7. The Kier molecular flexibility index (Phi) is 7.65. The fourth-order valence-electron chi connectivity index (χ4n) is 1.40. The van der Waals surface area contributed by atoms with Gasteiger partial charge in [-0.1, -0.05) is 0 Å². The molecule has 0 spiro atoms. The van der Waals surface area contributed by atoms with Crippen LogP contribution in [-0.2, 0) is 19.0 Å². The van der Waals surface area contributed by atoms with Crippen molar-refractivity contribution in [3.05, 3.63) is 18.0 Å². The number of esters is 1. The van der Waals surface area contributed by atoms with Crippen molar-refractivity contribution in [1.29, 1.82) is 0 Å². The minimum absolute atomic E-state index is 0.00519. The highest BCUT2D eigenvalue weighted by molar-refractivity contribution is 5.94. The van der Waals surface area contributed by atoms with Crippen molar-refractivity contribution in [1.82, 2.24) is 4.98 Å². The summed E-state index contributed by atoms with van der Waals surface area (Å²) in [6, 6.07) is 1.48. The van der Waals surface area contributed by atoms with Crippen molar-refractivity contribution in [3.63, 3.8) is 0 Å². The topological polar surface area (TPSA) is 119 Å².